The highest BCUT2D eigenvalue weighted by Gasteiger charge is 2.42. The number of benzene rings is 1. The molecule has 2 aliphatic rings. The van der Waals surface area contributed by atoms with E-state index in [2.05, 4.69) is 16.7 Å². The van der Waals surface area contributed by atoms with Gasteiger partial charge in [-0.25, -0.2) is 0 Å². The van der Waals surface area contributed by atoms with E-state index in [-0.39, 0.29) is 17.9 Å². The van der Waals surface area contributed by atoms with Crippen molar-refractivity contribution in [1.82, 2.24) is 10.2 Å². The maximum atomic E-state index is 13.0. The summed E-state index contributed by atoms with van der Waals surface area (Å²) in [5, 5.41) is 6.52. The van der Waals surface area contributed by atoms with E-state index in [0.717, 1.165) is 30.5 Å². The van der Waals surface area contributed by atoms with Gasteiger partial charge in [0.15, 0.2) is 0 Å². The Bertz CT molecular complexity index is 674. The van der Waals surface area contributed by atoms with E-state index in [0.29, 0.717) is 25.9 Å². The Labute approximate surface area is 155 Å². The Kier molecular flexibility index (Phi) is 5.64. The predicted molar refractivity (Wildman–Crippen MR) is 104 cm³/mol. The quantitative estimate of drug-likeness (QED) is 0.853. The van der Waals surface area contributed by atoms with Gasteiger partial charge < -0.3 is 15.5 Å². The minimum absolute atomic E-state index is 0.0172. The van der Waals surface area contributed by atoms with Crippen molar-refractivity contribution >= 4 is 17.5 Å². The fourth-order valence-electron chi connectivity index (χ4n) is 3.77. The van der Waals surface area contributed by atoms with Crippen molar-refractivity contribution in [3.8, 4) is 0 Å². The zero-order valence-corrected chi connectivity index (χ0v) is 15.8. The molecule has 0 bridgehead atoms. The van der Waals surface area contributed by atoms with Crippen LogP contribution >= 0.6 is 0 Å². The smallest absolute Gasteiger partial charge is 0.249 e. The summed E-state index contributed by atoms with van der Waals surface area (Å²) in [4.78, 5) is 27.5. The minimum Gasteiger partial charge on any atom is -0.371 e. The van der Waals surface area contributed by atoms with Crippen molar-refractivity contribution in [2.24, 2.45) is 0 Å². The number of piperidine rings is 1. The number of carbonyl (C=O) groups is 2. The van der Waals surface area contributed by atoms with E-state index in [4.69, 9.17) is 0 Å². The van der Waals surface area contributed by atoms with Crippen LogP contribution in [0.15, 0.2) is 42.0 Å². The Balaban J connectivity index is 1.73. The molecule has 1 aliphatic carbocycles. The zero-order valence-electron chi connectivity index (χ0n) is 15.8. The summed E-state index contributed by atoms with van der Waals surface area (Å²) < 4.78 is 0. The SMILES string of the molecule is CC(C)NC(=O)C1(Nc2ccccc2)CCN(C(=O)C2=CCCC2)CC1. The third kappa shape index (κ3) is 4.09. The van der Waals surface area contributed by atoms with Crippen LogP contribution in [0, 0.1) is 0 Å². The van der Waals surface area contributed by atoms with Gasteiger partial charge in [-0.3, -0.25) is 9.59 Å². The van der Waals surface area contributed by atoms with Crippen LogP contribution in [-0.2, 0) is 9.59 Å². The van der Waals surface area contributed by atoms with E-state index in [1.807, 2.05) is 49.1 Å². The first-order valence-electron chi connectivity index (χ1n) is 9.63. The summed E-state index contributed by atoms with van der Waals surface area (Å²) >= 11 is 0. The second kappa shape index (κ2) is 7.94. The molecule has 140 valence electrons. The number of nitrogens with zero attached hydrogens (tertiary/aromatic N) is 1. The van der Waals surface area contributed by atoms with E-state index in [1.54, 1.807) is 0 Å². The van der Waals surface area contributed by atoms with Gasteiger partial charge >= 0.3 is 0 Å². The molecule has 1 fully saturated rings. The first-order valence-corrected chi connectivity index (χ1v) is 9.63. The van der Waals surface area contributed by atoms with Crippen LogP contribution in [0.5, 0.6) is 0 Å². The molecule has 3 rings (SSSR count). The van der Waals surface area contributed by atoms with E-state index >= 15 is 0 Å². The molecule has 0 saturated carbocycles. The number of rotatable bonds is 5. The minimum atomic E-state index is -0.674. The Morgan fingerprint density at radius 1 is 1.12 bits per heavy atom. The highest BCUT2D eigenvalue weighted by Crippen LogP contribution is 2.29. The highest BCUT2D eigenvalue weighted by molar-refractivity contribution is 5.95. The normalized spacial score (nSPS) is 19.2. The number of para-hydroxylation sites is 1. The number of amides is 2. The molecule has 26 heavy (non-hydrogen) atoms. The van der Waals surface area contributed by atoms with Gasteiger partial charge in [-0.1, -0.05) is 24.3 Å². The van der Waals surface area contributed by atoms with Gasteiger partial charge in [0.1, 0.15) is 5.54 Å². The van der Waals surface area contributed by atoms with E-state index in [9.17, 15) is 9.59 Å². The third-order valence-electron chi connectivity index (χ3n) is 5.23. The summed E-state index contributed by atoms with van der Waals surface area (Å²) in [7, 11) is 0. The van der Waals surface area contributed by atoms with Crippen LogP contribution in [0.2, 0.25) is 0 Å². The van der Waals surface area contributed by atoms with Crippen LogP contribution in [0.1, 0.15) is 46.0 Å². The number of allylic oxidation sites excluding steroid dienone is 1. The third-order valence-corrected chi connectivity index (χ3v) is 5.23. The number of anilines is 1. The van der Waals surface area contributed by atoms with Crippen molar-refractivity contribution in [2.45, 2.75) is 57.5 Å². The Morgan fingerprint density at radius 2 is 1.81 bits per heavy atom. The second-order valence-electron chi connectivity index (χ2n) is 7.62. The van der Waals surface area contributed by atoms with Gasteiger partial charge in [0, 0.05) is 30.4 Å². The summed E-state index contributed by atoms with van der Waals surface area (Å²) in [6.07, 6.45) is 6.25. The van der Waals surface area contributed by atoms with Gasteiger partial charge in [0.05, 0.1) is 0 Å². The molecule has 2 amide bonds. The molecule has 5 nitrogen and oxygen atoms in total. The monoisotopic (exact) mass is 355 g/mol. The average Bonchev–Trinajstić information content (AvgIpc) is 3.17. The molecule has 5 heteroatoms. The topological polar surface area (TPSA) is 61.4 Å². The lowest BCUT2D eigenvalue weighted by atomic mass is 9.85. The molecule has 1 aromatic carbocycles. The molecular formula is C21H29N3O2. The molecule has 2 N–H and O–H groups in total. The van der Waals surface area contributed by atoms with Crippen LogP contribution in [0.25, 0.3) is 0 Å². The lowest BCUT2D eigenvalue weighted by Gasteiger charge is -2.42. The van der Waals surface area contributed by atoms with Crippen molar-refractivity contribution in [1.29, 1.82) is 0 Å². The molecule has 1 aliphatic heterocycles. The van der Waals surface area contributed by atoms with Crippen LogP contribution in [0.3, 0.4) is 0 Å². The molecular weight excluding hydrogens is 326 g/mol. The number of hydrogen-bond donors (Lipinski definition) is 2. The van der Waals surface area contributed by atoms with Gasteiger partial charge in [0.2, 0.25) is 11.8 Å². The van der Waals surface area contributed by atoms with Crippen molar-refractivity contribution in [2.75, 3.05) is 18.4 Å². The molecule has 0 radical (unpaired) electrons. The van der Waals surface area contributed by atoms with Crippen LogP contribution in [-0.4, -0.2) is 41.4 Å². The maximum Gasteiger partial charge on any atom is 0.249 e. The van der Waals surface area contributed by atoms with Gasteiger partial charge in [-0.2, -0.15) is 0 Å². The van der Waals surface area contributed by atoms with Gasteiger partial charge in [-0.15, -0.1) is 0 Å². The summed E-state index contributed by atoms with van der Waals surface area (Å²) in [5.41, 5.74) is 1.21. The van der Waals surface area contributed by atoms with E-state index in [1.165, 1.54) is 0 Å². The fourth-order valence-corrected chi connectivity index (χ4v) is 3.77. The lowest BCUT2D eigenvalue weighted by molar-refractivity contribution is -0.133. The van der Waals surface area contributed by atoms with Gasteiger partial charge in [0.25, 0.3) is 0 Å². The van der Waals surface area contributed by atoms with Crippen LogP contribution in [0.4, 0.5) is 5.69 Å². The summed E-state index contributed by atoms with van der Waals surface area (Å²) in [5.74, 6) is 0.170. The largest absolute Gasteiger partial charge is 0.371 e. The molecule has 1 saturated heterocycles. The molecule has 1 heterocycles. The second-order valence-corrected chi connectivity index (χ2v) is 7.62. The number of nitrogens with one attached hydrogen (secondary N) is 2. The summed E-state index contributed by atoms with van der Waals surface area (Å²) in [6, 6.07) is 9.92. The summed E-state index contributed by atoms with van der Waals surface area (Å²) in [6.45, 7) is 5.14. The Morgan fingerprint density at radius 3 is 2.38 bits per heavy atom. The van der Waals surface area contributed by atoms with Gasteiger partial charge in [-0.05, 0) is 58.1 Å². The number of carbonyl (C=O) groups excluding carboxylic acids is 2. The average molecular weight is 355 g/mol. The number of likely N-dealkylation sites (tertiary alicyclic amines) is 1. The highest BCUT2D eigenvalue weighted by atomic mass is 16.2. The zero-order chi connectivity index (χ0) is 18.6. The lowest BCUT2D eigenvalue weighted by Crippen LogP contribution is -2.60. The van der Waals surface area contributed by atoms with Crippen LogP contribution < -0.4 is 10.6 Å². The fraction of sp³-hybridized carbons (Fsp3) is 0.524. The molecule has 0 atom stereocenters. The van der Waals surface area contributed by atoms with Crippen molar-refractivity contribution in [3.63, 3.8) is 0 Å². The molecule has 0 aromatic heterocycles. The Hall–Kier alpha value is -2.30. The maximum absolute atomic E-state index is 13.0. The van der Waals surface area contributed by atoms with E-state index < -0.39 is 5.54 Å². The standard InChI is InChI=1S/C21H29N3O2/c1-16(2)22-20(26)21(23-18-10-4-3-5-11-18)12-14-24(15-13-21)19(25)17-8-6-7-9-17/h3-5,8,10-11,16,23H,6-7,9,12-15H2,1-2H3,(H,22,26). The van der Waals surface area contributed by atoms with Crippen molar-refractivity contribution < 1.29 is 9.59 Å². The predicted octanol–water partition coefficient (Wildman–Crippen LogP) is 3.09. The first kappa shape index (κ1) is 18.5. The first-order chi connectivity index (χ1) is 12.5. The number of hydrogen-bond acceptors (Lipinski definition) is 3. The molecule has 0 spiro atoms. The van der Waals surface area contributed by atoms with Crippen molar-refractivity contribution in [3.05, 3.63) is 42.0 Å². The molecule has 1 aromatic rings. The molecule has 0 unspecified atom stereocenters.